The summed E-state index contributed by atoms with van der Waals surface area (Å²) in [5, 5.41) is 15.6. The van der Waals surface area contributed by atoms with E-state index >= 15 is 0 Å². The van der Waals surface area contributed by atoms with Crippen molar-refractivity contribution < 1.29 is 14.6 Å². The van der Waals surface area contributed by atoms with Crippen LogP contribution >= 0.6 is 0 Å². The Balaban J connectivity index is 1.34. The van der Waals surface area contributed by atoms with Gasteiger partial charge in [0.1, 0.15) is 5.75 Å². The lowest BCUT2D eigenvalue weighted by Crippen LogP contribution is -2.23. The highest BCUT2D eigenvalue weighted by atomic mass is 16.5. The minimum Gasteiger partial charge on any atom is -0.494 e. The smallest absolute Gasteiger partial charge is 0.303 e. The minimum atomic E-state index is -0.729. The van der Waals surface area contributed by atoms with E-state index in [1.165, 1.54) is 19.3 Å². The van der Waals surface area contributed by atoms with Crippen LogP contribution < -0.4 is 15.4 Å². The quantitative estimate of drug-likeness (QED) is 0.310. The third kappa shape index (κ3) is 6.59. The first-order valence-corrected chi connectivity index (χ1v) is 12.3. The second kappa shape index (κ2) is 11.7. The van der Waals surface area contributed by atoms with E-state index in [1.54, 1.807) is 6.33 Å². The maximum Gasteiger partial charge on any atom is 0.303 e. The second-order valence-electron chi connectivity index (χ2n) is 8.96. The van der Waals surface area contributed by atoms with E-state index < -0.39 is 5.97 Å². The summed E-state index contributed by atoms with van der Waals surface area (Å²) >= 11 is 0. The Morgan fingerprint density at radius 3 is 2.62 bits per heavy atom. The summed E-state index contributed by atoms with van der Waals surface area (Å²) in [5.41, 5.74) is 2.47. The number of hydrogen-bond donors (Lipinski definition) is 3. The van der Waals surface area contributed by atoms with Gasteiger partial charge in [0.2, 0.25) is 5.95 Å². The monoisotopic (exact) mass is 466 g/mol. The van der Waals surface area contributed by atoms with E-state index in [0.29, 0.717) is 18.6 Å². The van der Waals surface area contributed by atoms with Crippen molar-refractivity contribution >= 4 is 34.6 Å². The zero-order chi connectivity index (χ0) is 23.8. The van der Waals surface area contributed by atoms with E-state index in [2.05, 4.69) is 20.6 Å². The van der Waals surface area contributed by atoms with Crippen molar-refractivity contribution in [3.05, 3.63) is 30.6 Å². The van der Waals surface area contributed by atoms with Gasteiger partial charge in [0.25, 0.3) is 0 Å². The number of aliphatic carboxylic acids is 1. The lowest BCUT2D eigenvalue weighted by molar-refractivity contribution is -0.137. The van der Waals surface area contributed by atoms with E-state index in [1.807, 2.05) is 35.9 Å². The van der Waals surface area contributed by atoms with Gasteiger partial charge in [-0.25, -0.2) is 4.98 Å². The number of carboxylic acids is 1. The predicted molar refractivity (Wildman–Crippen MR) is 133 cm³/mol. The highest BCUT2D eigenvalue weighted by molar-refractivity contribution is 5.84. The lowest BCUT2D eigenvalue weighted by atomic mass is 9.95. The Kier molecular flexibility index (Phi) is 8.17. The number of hydrogen-bond acceptors (Lipinski definition) is 7. The number of ether oxygens (including phenoxy) is 1. The molecule has 0 unspecified atom stereocenters. The van der Waals surface area contributed by atoms with Crippen LogP contribution in [0.1, 0.15) is 64.2 Å². The van der Waals surface area contributed by atoms with Crippen LogP contribution in [0.15, 0.2) is 30.6 Å². The molecule has 182 valence electrons. The molecule has 0 atom stereocenters. The van der Waals surface area contributed by atoms with Gasteiger partial charge < -0.3 is 25.0 Å². The molecule has 2 heterocycles. The van der Waals surface area contributed by atoms with Crippen LogP contribution in [0.5, 0.6) is 5.75 Å². The number of rotatable bonds is 12. The number of aromatic nitrogens is 4. The molecule has 1 saturated carbocycles. The molecule has 3 aromatic rings. The fourth-order valence-electron chi connectivity index (χ4n) is 4.29. The number of benzene rings is 1. The predicted octanol–water partition coefficient (Wildman–Crippen LogP) is 5.27. The number of imidazole rings is 1. The number of carbonyl (C=O) groups is 1. The molecule has 1 aliphatic carbocycles. The summed E-state index contributed by atoms with van der Waals surface area (Å²) in [7, 11) is 1.94. The second-order valence-corrected chi connectivity index (χ2v) is 8.96. The Bertz CT molecular complexity index is 1080. The van der Waals surface area contributed by atoms with Crippen LogP contribution in [0.4, 0.5) is 17.5 Å². The first-order valence-electron chi connectivity index (χ1n) is 12.3. The zero-order valence-electron chi connectivity index (χ0n) is 19.8. The van der Waals surface area contributed by atoms with Crippen molar-refractivity contribution in [3.8, 4) is 5.75 Å². The van der Waals surface area contributed by atoms with Gasteiger partial charge in [0, 0.05) is 25.2 Å². The number of aryl methyl sites for hydroxylation is 1. The standard InChI is InChI=1S/C25H34N6O3/c1-31-17-26-22-23(27-18-9-5-4-6-10-18)29-25(30-24(22)31)28-19-12-14-20(15-13-19)34-16-8-3-2-7-11-21(32)33/h12-15,17-18H,2-11,16H2,1H3,(H,32,33)(H2,27,28,29,30). The average molecular weight is 467 g/mol. The van der Waals surface area contributed by atoms with Gasteiger partial charge >= 0.3 is 5.97 Å². The molecule has 0 bridgehead atoms. The third-order valence-electron chi connectivity index (χ3n) is 6.17. The van der Waals surface area contributed by atoms with Crippen LogP contribution in [0.25, 0.3) is 11.2 Å². The first-order chi connectivity index (χ1) is 16.6. The SMILES string of the molecule is Cn1cnc2c(NC3CCCCC3)nc(Nc3ccc(OCCCCCCC(=O)O)cc3)nc21. The largest absolute Gasteiger partial charge is 0.494 e. The molecule has 0 spiro atoms. The van der Waals surface area contributed by atoms with Gasteiger partial charge in [0.05, 0.1) is 12.9 Å². The van der Waals surface area contributed by atoms with Gasteiger partial charge in [-0.2, -0.15) is 9.97 Å². The molecule has 1 aliphatic rings. The summed E-state index contributed by atoms with van der Waals surface area (Å²) in [4.78, 5) is 24.5. The van der Waals surface area contributed by atoms with Crippen LogP contribution in [0.3, 0.4) is 0 Å². The number of anilines is 3. The molecule has 0 amide bonds. The molecular formula is C25H34N6O3. The highest BCUT2D eigenvalue weighted by Crippen LogP contribution is 2.27. The number of carboxylic acid groups (broad SMARTS) is 1. The first kappa shape index (κ1) is 23.8. The molecule has 0 radical (unpaired) electrons. The molecule has 1 aromatic carbocycles. The highest BCUT2D eigenvalue weighted by Gasteiger charge is 2.18. The van der Waals surface area contributed by atoms with E-state index in [9.17, 15) is 4.79 Å². The van der Waals surface area contributed by atoms with Crippen molar-refractivity contribution in [2.75, 3.05) is 17.2 Å². The Hall–Kier alpha value is -3.36. The van der Waals surface area contributed by atoms with Crippen LogP contribution in [-0.2, 0) is 11.8 Å². The Morgan fingerprint density at radius 1 is 1.09 bits per heavy atom. The topological polar surface area (TPSA) is 114 Å². The number of unbranched alkanes of at least 4 members (excludes halogenated alkanes) is 3. The average Bonchev–Trinajstić information content (AvgIpc) is 3.21. The normalized spacial score (nSPS) is 14.3. The summed E-state index contributed by atoms with van der Waals surface area (Å²) in [6.45, 7) is 0.621. The molecule has 0 aliphatic heterocycles. The van der Waals surface area contributed by atoms with Gasteiger partial charge in [0.15, 0.2) is 17.0 Å². The zero-order valence-corrected chi connectivity index (χ0v) is 19.8. The Labute approximate surface area is 200 Å². The minimum absolute atomic E-state index is 0.241. The molecule has 2 aromatic heterocycles. The van der Waals surface area contributed by atoms with Crippen molar-refractivity contribution in [3.63, 3.8) is 0 Å². The number of nitrogens with one attached hydrogen (secondary N) is 2. The van der Waals surface area contributed by atoms with Gasteiger partial charge in [-0.15, -0.1) is 0 Å². The molecular weight excluding hydrogens is 432 g/mol. The molecule has 3 N–H and O–H groups in total. The van der Waals surface area contributed by atoms with Crippen LogP contribution in [-0.4, -0.2) is 43.2 Å². The van der Waals surface area contributed by atoms with Crippen molar-refractivity contribution in [2.45, 2.75) is 70.3 Å². The van der Waals surface area contributed by atoms with Crippen LogP contribution in [0.2, 0.25) is 0 Å². The van der Waals surface area contributed by atoms with Crippen molar-refractivity contribution in [2.24, 2.45) is 7.05 Å². The summed E-state index contributed by atoms with van der Waals surface area (Å²) in [5.74, 6) is 1.39. The molecule has 4 rings (SSSR count). The molecule has 1 fully saturated rings. The van der Waals surface area contributed by atoms with E-state index in [4.69, 9.17) is 14.8 Å². The molecule has 9 heteroatoms. The lowest BCUT2D eigenvalue weighted by Gasteiger charge is -2.23. The maximum absolute atomic E-state index is 10.5. The third-order valence-corrected chi connectivity index (χ3v) is 6.17. The number of nitrogens with zero attached hydrogens (tertiary/aromatic N) is 4. The summed E-state index contributed by atoms with van der Waals surface area (Å²) in [6.07, 6.45) is 11.6. The number of fused-ring (bicyclic) bond motifs is 1. The maximum atomic E-state index is 10.5. The molecule has 34 heavy (non-hydrogen) atoms. The Morgan fingerprint density at radius 2 is 1.85 bits per heavy atom. The fourth-order valence-corrected chi connectivity index (χ4v) is 4.29. The summed E-state index contributed by atoms with van der Waals surface area (Å²) in [6, 6.07) is 8.18. The van der Waals surface area contributed by atoms with E-state index in [-0.39, 0.29) is 6.42 Å². The van der Waals surface area contributed by atoms with Crippen molar-refractivity contribution in [1.82, 2.24) is 19.5 Å². The van der Waals surface area contributed by atoms with E-state index in [0.717, 1.165) is 66.9 Å². The van der Waals surface area contributed by atoms with Gasteiger partial charge in [-0.1, -0.05) is 32.1 Å². The van der Waals surface area contributed by atoms with Gasteiger partial charge in [-0.05, 0) is 49.9 Å². The molecule has 0 saturated heterocycles. The fraction of sp³-hybridized carbons (Fsp3) is 0.520. The van der Waals surface area contributed by atoms with Crippen LogP contribution in [0, 0.1) is 0 Å². The molecule has 9 nitrogen and oxygen atoms in total. The van der Waals surface area contributed by atoms with Gasteiger partial charge in [-0.3, -0.25) is 4.79 Å². The summed E-state index contributed by atoms with van der Waals surface area (Å²) < 4.78 is 7.72. The van der Waals surface area contributed by atoms with Crippen molar-refractivity contribution in [1.29, 1.82) is 0 Å².